The predicted octanol–water partition coefficient (Wildman–Crippen LogP) is 0.993. The van der Waals surface area contributed by atoms with Gasteiger partial charge in [-0.1, -0.05) is 0 Å². The normalized spacial score (nSPS) is 13.1. The molecule has 4 heteroatoms. The molecular formula is C11H21N3O. The molecule has 0 radical (unpaired) electrons. The van der Waals surface area contributed by atoms with Crippen molar-refractivity contribution in [3.63, 3.8) is 0 Å². The first kappa shape index (κ1) is 13.9. The van der Waals surface area contributed by atoms with Crippen molar-refractivity contribution in [3.05, 3.63) is 0 Å². The van der Waals surface area contributed by atoms with E-state index >= 15 is 0 Å². The van der Waals surface area contributed by atoms with E-state index in [-0.39, 0.29) is 17.4 Å². The van der Waals surface area contributed by atoms with E-state index < -0.39 is 0 Å². The van der Waals surface area contributed by atoms with Crippen LogP contribution in [-0.2, 0) is 4.79 Å². The van der Waals surface area contributed by atoms with Gasteiger partial charge in [-0.05, 0) is 33.7 Å². The molecule has 0 rings (SSSR count). The molecule has 4 nitrogen and oxygen atoms in total. The molecule has 0 aliphatic heterocycles. The van der Waals surface area contributed by atoms with E-state index in [1.165, 1.54) is 0 Å². The third kappa shape index (κ3) is 5.38. The van der Waals surface area contributed by atoms with Crippen LogP contribution in [0.15, 0.2) is 0 Å². The number of amides is 1. The average molecular weight is 211 g/mol. The van der Waals surface area contributed by atoms with Crippen LogP contribution in [-0.4, -0.2) is 37.5 Å². The first-order valence-electron chi connectivity index (χ1n) is 5.16. The van der Waals surface area contributed by atoms with Crippen LogP contribution < -0.4 is 5.32 Å². The van der Waals surface area contributed by atoms with Gasteiger partial charge < -0.3 is 10.2 Å². The third-order valence-corrected chi connectivity index (χ3v) is 2.31. The maximum atomic E-state index is 11.5. The summed E-state index contributed by atoms with van der Waals surface area (Å²) in [5, 5.41) is 11.9. The first-order valence-corrected chi connectivity index (χ1v) is 5.16. The van der Waals surface area contributed by atoms with E-state index in [4.69, 9.17) is 5.26 Å². The molecule has 15 heavy (non-hydrogen) atoms. The van der Waals surface area contributed by atoms with Gasteiger partial charge in [0.15, 0.2) is 0 Å². The van der Waals surface area contributed by atoms with Crippen molar-refractivity contribution in [3.8, 4) is 6.07 Å². The molecule has 0 aromatic carbocycles. The van der Waals surface area contributed by atoms with Crippen LogP contribution in [0.2, 0.25) is 0 Å². The Labute approximate surface area is 92.3 Å². The van der Waals surface area contributed by atoms with E-state index in [2.05, 4.69) is 11.4 Å². The third-order valence-electron chi connectivity index (χ3n) is 2.31. The van der Waals surface area contributed by atoms with E-state index in [9.17, 15) is 4.79 Å². The smallest absolute Gasteiger partial charge is 0.238 e. The number of nitrogens with zero attached hydrogens (tertiary/aromatic N) is 2. The number of carbonyl (C=O) groups excluding carboxylic acids is 1. The number of rotatable bonds is 5. The molecule has 86 valence electrons. The molecule has 0 bridgehead atoms. The lowest BCUT2D eigenvalue weighted by Crippen LogP contribution is -2.42. The highest BCUT2D eigenvalue weighted by atomic mass is 16.2. The van der Waals surface area contributed by atoms with Crippen LogP contribution in [0, 0.1) is 16.7 Å². The van der Waals surface area contributed by atoms with Gasteiger partial charge in [0, 0.05) is 14.1 Å². The lowest BCUT2D eigenvalue weighted by molar-refractivity contribution is -0.130. The number of nitrogens with one attached hydrogen (secondary N) is 1. The number of likely N-dealkylation sites (N-methyl/N-ethyl adjacent to an activating group) is 1. The van der Waals surface area contributed by atoms with Gasteiger partial charge >= 0.3 is 0 Å². The second kappa shape index (κ2) is 5.72. The van der Waals surface area contributed by atoms with Crippen LogP contribution in [0.5, 0.6) is 0 Å². The van der Waals surface area contributed by atoms with E-state index in [0.29, 0.717) is 6.54 Å². The Morgan fingerprint density at radius 3 is 2.47 bits per heavy atom. The minimum atomic E-state index is -0.326. The zero-order valence-electron chi connectivity index (χ0n) is 10.3. The Bertz CT molecular complexity index is 253. The maximum absolute atomic E-state index is 11.5. The van der Waals surface area contributed by atoms with E-state index in [1.807, 2.05) is 20.8 Å². The van der Waals surface area contributed by atoms with Gasteiger partial charge in [-0.3, -0.25) is 4.79 Å². The molecule has 1 amide bonds. The fourth-order valence-electron chi connectivity index (χ4n) is 1.13. The van der Waals surface area contributed by atoms with Crippen molar-refractivity contribution < 1.29 is 4.79 Å². The molecule has 0 saturated carbocycles. The molecule has 0 aliphatic carbocycles. The van der Waals surface area contributed by atoms with Gasteiger partial charge in [0.25, 0.3) is 0 Å². The molecule has 0 aromatic heterocycles. The summed E-state index contributed by atoms with van der Waals surface area (Å²) >= 11 is 0. The highest BCUT2D eigenvalue weighted by Gasteiger charge is 2.18. The van der Waals surface area contributed by atoms with Gasteiger partial charge in [0.05, 0.1) is 17.5 Å². The highest BCUT2D eigenvalue weighted by Crippen LogP contribution is 2.17. The van der Waals surface area contributed by atoms with Crippen molar-refractivity contribution in [2.45, 2.75) is 33.2 Å². The van der Waals surface area contributed by atoms with Crippen molar-refractivity contribution in [2.75, 3.05) is 20.6 Å². The van der Waals surface area contributed by atoms with E-state index in [0.717, 1.165) is 6.42 Å². The van der Waals surface area contributed by atoms with Crippen molar-refractivity contribution in [1.82, 2.24) is 10.2 Å². The summed E-state index contributed by atoms with van der Waals surface area (Å²) in [5.74, 6) is 0.0600. The fourth-order valence-corrected chi connectivity index (χ4v) is 1.13. The van der Waals surface area contributed by atoms with Crippen molar-refractivity contribution in [2.24, 2.45) is 5.41 Å². The summed E-state index contributed by atoms with van der Waals surface area (Å²) in [7, 11) is 3.47. The Morgan fingerprint density at radius 2 is 2.07 bits per heavy atom. The quantitative estimate of drug-likeness (QED) is 0.738. The molecule has 0 heterocycles. The Kier molecular flexibility index (Phi) is 5.31. The van der Waals surface area contributed by atoms with Gasteiger partial charge in [-0.25, -0.2) is 0 Å². The van der Waals surface area contributed by atoms with Gasteiger partial charge in [-0.2, -0.15) is 5.26 Å². The summed E-state index contributed by atoms with van der Waals surface area (Å²) in [4.78, 5) is 13.0. The standard InChI is InChI=1S/C11H21N3O/c1-9(10(15)14(4)5)13-7-6-11(2,3)8-12/h9,13H,6-7H2,1-5H3. The summed E-state index contributed by atoms with van der Waals surface area (Å²) in [6, 6.07) is 2.05. The fraction of sp³-hybridized carbons (Fsp3) is 0.818. The number of nitriles is 1. The predicted molar refractivity (Wildman–Crippen MR) is 60.2 cm³/mol. The molecule has 0 fully saturated rings. The average Bonchev–Trinajstić information content (AvgIpc) is 2.16. The molecule has 0 aromatic rings. The van der Waals surface area contributed by atoms with Gasteiger partial charge in [0.1, 0.15) is 0 Å². The maximum Gasteiger partial charge on any atom is 0.238 e. The zero-order valence-corrected chi connectivity index (χ0v) is 10.3. The summed E-state index contributed by atoms with van der Waals surface area (Å²) in [6.45, 7) is 6.31. The second-order valence-electron chi connectivity index (χ2n) is 4.65. The lowest BCUT2D eigenvalue weighted by atomic mass is 9.91. The topological polar surface area (TPSA) is 56.1 Å². The number of hydrogen-bond acceptors (Lipinski definition) is 3. The van der Waals surface area contributed by atoms with Crippen molar-refractivity contribution >= 4 is 5.91 Å². The van der Waals surface area contributed by atoms with Gasteiger partial charge in [0.2, 0.25) is 5.91 Å². The Balaban J connectivity index is 3.89. The lowest BCUT2D eigenvalue weighted by Gasteiger charge is -2.20. The van der Waals surface area contributed by atoms with Crippen LogP contribution in [0.25, 0.3) is 0 Å². The molecule has 0 aliphatic rings. The molecule has 0 saturated heterocycles. The molecular weight excluding hydrogens is 190 g/mol. The largest absolute Gasteiger partial charge is 0.347 e. The molecule has 1 N–H and O–H groups in total. The van der Waals surface area contributed by atoms with Crippen molar-refractivity contribution in [1.29, 1.82) is 5.26 Å². The Morgan fingerprint density at radius 1 is 1.53 bits per heavy atom. The summed E-state index contributed by atoms with van der Waals surface area (Å²) in [6.07, 6.45) is 0.745. The minimum absolute atomic E-state index is 0.0600. The van der Waals surface area contributed by atoms with Crippen LogP contribution >= 0.6 is 0 Å². The minimum Gasteiger partial charge on any atom is -0.347 e. The monoisotopic (exact) mass is 211 g/mol. The Hall–Kier alpha value is -1.08. The molecule has 0 spiro atoms. The number of carbonyl (C=O) groups is 1. The van der Waals surface area contributed by atoms with Crippen LogP contribution in [0.1, 0.15) is 27.2 Å². The molecule has 1 unspecified atom stereocenters. The van der Waals surface area contributed by atoms with Crippen LogP contribution in [0.3, 0.4) is 0 Å². The van der Waals surface area contributed by atoms with Gasteiger partial charge in [-0.15, -0.1) is 0 Å². The number of hydrogen-bond donors (Lipinski definition) is 1. The second-order valence-corrected chi connectivity index (χ2v) is 4.65. The van der Waals surface area contributed by atoms with E-state index in [1.54, 1.807) is 19.0 Å². The zero-order chi connectivity index (χ0) is 12.1. The molecule has 1 atom stereocenters. The highest BCUT2D eigenvalue weighted by molar-refractivity contribution is 5.80. The summed E-state index contributed by atoms with van der Waals surface area (Å²) in [5.41, 5.74) is -0.326. The summed E-state index contributed by atoms with van der Waals surface area (Å²) < 4.78 is 0. The SMILES string of the molecule is CC(NCCC(C)(C)C#N)C(=O)N(C)C. The first-order chi connectivity index (χ1) is 6.80. The van der Waals surface area contributed by atoms with Crippen LogP contribution in [0.4, 0.5) is 0 Å².